The zero-order valence-corrected chi connectivity index (χ0v) is 16.7. The van der Waals surface area contributed by atoms with E-state index in [0.29, 0.717) is 25.9 Å². The lowest BCUT2D eigenvalue weighted by molar-refractivity contribution is -0.126. The van der Waals surface area contributed by atoms with Gasteiger partial charge in [0.15, 0.2) is 5.78 Å². The number of ketones is 1. The quantitative estimate of drug-likeness (QED) is 0.777. The van der Waals surface area contributed by atoms with E-state index in [1.807, 2.05) is 51.1 Å². The fourth-order valence-electron chi connectivity index (χ4n) is 3.73. The third kappa shape index (κ3) is 5.03. The van der Waals surface area contributed by atoms with E-state index in [9.17, 15) is 14.4 Å². The third-order valence-corrected chi connectivity index (χ3v) is 5.05. The van der Waals surface area contributed by atoms with Crippen molar-refractivity contribution in [1.82, 2.24) is 9.80 Å². The molecule has 0 N–H and O–H groups in total. The van der Waals surface area contributed by atoms with Gasteiger partial charge < -0.3 is 14.4 Å². The van der Waals surface area contributed by atoms with Gasteiger partial charge in [0.2, 0.25) is 0 Å². The van der Waals surface area contributed by atoms with Crippen molar-refractivity contribution in [3.8, 4) is 0 Å². The average Bonchev–Trinajstić information content (AvgIpc) is 2.64. The van der Waals surface area contributed by atoms with Gasteiger partial charge in [-0.05, 0) is 38.7 Å². The Hall–Kier alpha value is -2.57. The number of hydrogen-bond donors (Lipinski definition) is 0. The van der Waals surface area contributed by atoms with Gasteiger partial charge in [-0.15, -0.1) is 0 Å². The van der Waals surface area contributed by atoms with E-state index in [2.05, 4.69) is 0 Å². The summed E-state index contributed by atoms with van der Waals surface area (Å²) >= 11 is 0. The molecule has 2 fully saturated rings. The molecule has 2 unspecified atom stereocenters. The smallest absolute Gasteiger partial charge is 0.410 e. The first-order valence-electron chi connectivity index (χ1n) is 9.70. The molecule has 0 saturated carbocycles. The highest BCUT2D eigenvalue weighted by Crippen LogP contribution is 2.31. The molecule has 2 saturated heterocycles. The minimum absolute atomic E-state index is 0.0248. The number of carbonyl (C=O) groups is 3. The minimum atomic E-state index is -0.579. The molecule has 7 nitrogen and oxygen atoms in total. The van der Waals surface area contributed by atoms with Crippen LogP contribution in [0, 0.1) is 5.92 Å². The van der Waals surface area contributed by atoms with E-state index >= 15 is 0 Å². The number of likely N-dealkylation sites (tertiary alicyclic amines) is 2. The molecule has 28 heavy (non-hydrogen) atoms. The highest BCUT2D eigenvalue weighted by Gasteiger charge is 2.43. The van der Waals surface area contributed by atoms with Crippen molar-refractivity contribution in [2.45, 2.75) is 51.9 Å². The highest BCUT2D eigenvalue weighted by molar-refractivity contribution is 5.86. The molecule has 7 heteroatoms. The number of benzene rings is 1. The van der Waals surface area contributed by atoms with Gasteiger partial charge in [0.25, 0.3) is 0 Å². The molecule has 3 rings (SSSR count). The van der Waals surface area contributed by atoms with Crippen molar-refractivity contribution in [2.24, 2.45) is 5.92 Å². The number of fused-ring (bicyclic) bond motifs is 1. The fourth-order valence-corrected chi connectivity index (χ4v) is 3.73. The molecule has 0 aromatic heterocycles. The summed E-state index contributed by atoms with van der Waals surface area (Å²) in [6.45, 7) is 6.52. The summed E-state index contributed by atoms with van der Waals surface area (Å²) in [5.74, 6) is 0.0767. The molecule has 0 bridgehead atoms. The molecule has 2 aliphatic rings. The maximum absolute atomic E-state index is 12.7. The molecule has 2 atom stereocenters. The summed E-state index contributed by atoms with van der Waals surface area (Å²) in [6.07, 6.45) is 0.200. The SMILES string of the molecule is CC(C)(C)OC(=O)N1CCC2CC(=O)CN(C(=O)OCc3ccccc3)C2C1. The molecule has 1 aromatic rings. The zero-order chi connectivity index (χ0) is 20.3. The third-order valence-electron chi connectivity index (χ3n) is 5.05. The van der Waals surface area contributed by atoms with Gasteiger partial charge in [0.1, 0.15) is 12.2 Å². The van der Waals surface area contributed by atoms with E-state index in [-0.39, 0.29) is 37.0 Å². The number of nitrogens with zero attached hydrogens (tertiary/aromatic N) is 2. The van der Waals surface area contributed by atoms with Gasteiger partial charge in [0.05, 0.1) is 12.6 Å². The van der Waals surface area contributed by atoms with E-state index in [0.717, 1.165) is 5.56 Å². The molecule has 1 aromatic carbocycles. The molecule has 0 radical (unpaired) electrons. The van der Waals surface area contributed by atoms with E-state index < -0.39 is 11.7 Å². The predicted octanol–water partition coefficient (Wildman–Crippen LogP) is 3.22. The molecule has 2 heterocycles. The van der Waals surface area contributed by atoms with Crippen LogP contribution in [0.2, 0.25) is 0 Å². The second kappa shape index (κ2) is 8.20. The molecule has 0 spiro atoms. The molecule has 0 aliphatic carbocycles. The van der Waals surface area contributed by atoms with Crippen LogP contribution in [0.3, 0.4) is 0 Å². The Morgan fingerprint density at radius 2 is 1.86 bits per heavy atom. The largest absolute Gasteiger partial charge is 0.445 e. The first-order chi connectivity index (χ1) is 13.2. The van der Waals surface area contributed by atoms with Gasteiger partial charge in [-0.1, -0.05) is 30.3 Å². The van der Waals surface area contributed by atoms with Crippen molar-refractivity contribution in [1.29, 1.82) is 0 Å². The topological polar surface area (TPSA) is 76.2 Å². The number of ether oxygens (including phenoxy) is 2. The van der Waals surface area contributed by atoms with E-state index in [4.69, 9.17) is 9.47 Å². The van der Waals surface area contributed by atoms with Crippen molar-refractivity contribution in [2.75, 3.05) is 19.6 Å². The van der Waals surface area contributed by atoms with Crippen LogP contribution in [-0.4, -0.2) is 59.0 Å². The Bertz CT molecular complexity index is 728. The Balaban J connectivity index is 1.66. The van der Waals surface area contributed by atoms with Crippen LogP contribution >= 0.6 is 0 Å². The normalized spacial score (nSPS) is 22.5. The minimum Gasteiger partial charge on any atom is -0.445 e. The molecule has 2 amide bonds. The van der Waals surface area contributed by atoms with Crippen LogP contribution in [0.15, 0.2) is 30.3 Å². The van der Waals surface area contributed by atoms with Gasteiger partial charge in [-0.2, -0.15) is 0 Å². The number of amides is 2. The van der Waals surface area contributed by atoms with Crippen LogP contribution in [-0.2, 0) is 20.9 Å². The van der Waals surface area contributed by atoms with E-state index in [1.54, 1.807) is 4.90 Å². The second-order valence-electron chi connectivity index (χ2n) is 8.45. The van der Waals surface area contributed by atoms with Crippen molar-refractivity contribution in [3.05, 3.63) is 35.9 Å². The Morgan fingerprint density at radius 3 is 2.54 bits per heavy atom. The predicted molar refractivity (Wildman–Crippen MR) is 103 cm³/mol. The number of hydrogen-bond acceptors (Lipinski definition) is 5. The number of carbonyl (C=O) groups excluding carboxylic acids is 3. The zero-order valence-electron chi connectivity index (χ0n) is 16.7. The van der Waals surface area contributed by atoms with E-state index in [1.165, 1.54) is 4.90 Å². The summed E-state index contributed by atoms with van der Waals surface area (Å²) < 4.78 is 10.9. The fraction of sp³-hybridized carbons (Fsp3) is 0.571. The van der Waals surface area contributed by atoms with Crippen LogP contribution in [0.25, 0.3) is 0 Å². The van der Waals surface area contributed by atoms with Gasteiger partial charge >= 0.3 is 12.2 Å². The van der Waals surface area contributed by atoms with Gasteiger partial charge in [-0.25, -0.2) is 9.59 Å². The highest BCUT2D eigenvalue weighted by atomic mass is 16.6. The first-order valence-corrected chi connectivity index (χ1v) is 9.70. The summed E-state index contributed by atoms with van der Waals surface area (Å²) in [5, 5.41) is 0. The summed E-state index contributed by atoms with van der Waals surface area (Å²) in [7, 11) is 0. The Kier molecular flexibility index (Phi) is 5.91. The summed E-state index contributed by atoms with van der Waals surface area (Å²) in [6, 6.07) is 9.17. The molecule has 2 aliphatic heterocycles. The summed E-state index contributed by atoms with van der Waals surface area (Å²) in [4.78, 5) is 40.4. The number of piperidine rings is 2. The summed E-state index contributed by atoms with van der Waals surface area (Å²) in [5.41, 5.74) is 0.305. The van der Waals surface area contributed by atoms with Crippen molar-refractivity contribution < 1.29 is 23.9 Å². The maximum atomic E-state index is 12.7. The Labute approximate surface area is 165 Å². The van der Waals surface area contributed by atoms with Crippen LogP contribution < -0.4 is 0 Å². The van der Waals surface area contributed by atoms with Crippen molar-refractivity contribution >= 4 is 18.0 Å². The second-order valence-corrected chi connectivity index (χ2v) is 8.45. The maximum Gasteiger partial charge on any atom is 0.410 e. The van der Waals surface area contributed by atoms with Crippen LogP contribution in [0.1, 0.15) is 39.2 Å². The Morgan fingerprint density at radius 1 is 1.14 bits per heavy atom. The molecular weight excluding hydrogens is 360 g/mol. The monoisotopic (exact) mass is 388 g/mol. The lowest BCUT2D eigenvalue weighted by atomic mass is 9.83. The molecule has 152 valence electrons. The standard InChI is InChI=1S/C21H28N2O5/c1-21(2,3)28-19(25)22-10-9-16-11-17(24)12-23(18(16)13-22)20(26)27-14-15-7-5-4-6-8-15/h4-8,16,18H,9-14H2,1-3H3. The van der Waals surface area contributed by atoms with Gasteiger partial charge in [0, 0.05) is 19.5 Å². The average molecular weight is 388 g/mol. The first kappa shape index (κ1) is 20.2. The lowest BCUT2D eigenvalue weighted by Gasteiger charge is -2.46. The van der Waals surface area contributed by atoms with Crippen LogP contribution in [0.5, 0.6) is 0 Å². The van der Waals surface area contributed by atoms with Crippen LogP contribution in [0.4, 0.5) is 9.59 Å². The van der Waals surface area contributed by atoms with Gasteiger partial charge in [-0.3, -0.25) is 9.69 Å². The number of rotatable bonds is 2. The van der Waals surface area contributed by atoms with Crippen molar-refractivity contribution in [3.63, 3.8) is 0 Å². The lowest BCUT2D eigenvalue weighted by Crippen LogP contribution is -2.60. The molecular formula is C21H28N2O5. The number of Topliss-reactive ketones (excluding diaryl/α,β-unsaturated/α-hetero) is 1.